The van der Waals surface area contributed by atoms with Crippen LogP contribution in [0.5, 0.6) is 0 Å². The van der Waals surface area contributed by atoms with Crippen molar-refractivity contribution in [2.24, 2.45) is 5.73 Å². The Morgan fingerprint density at radius 2 is 2.29 bits per heavy atom. The number of rotatable bonds is 4. The molecule has 0 aliphatic carbocycles. The van der Waals surface area contributed by atoms with Crippen LogP contribution in [0, 0.1) is 0 Å². The Morgan fingerprint density at radius 1 is 1.53 bits per heavy atom. The van der Waals surface area contributed by atoms with Gasteiger partial charge in [0.25, 0.3) is 0 Å². The van der Waals surface area contributed by atoms with E-state index in [1.54, 1.807) is 6.33 Å². The van der Waals surface area contributed by atoms with Crippen LogP contribution in [-0.4, -0.2) is 28.7 Å². The van der Waals surface area contributed by atoms with Gasteiger partial charge in [-0.25, -0.2) is 4.98 Å². The highest BCUT2D eigenvalue weighted by atomic mass is 16.5. The number of esters is 1. The van der Waals surface area contributed by atoms with Crippen molar-refractivity contribution in [1.82, 2.24) is 9.55 Å². The number of nitrogens with zero attached hydrogens (tertiary/aromatic N) is 2. The molecule has 1 unspecified atom stereocenters. The standard InChI is InChI=1S/C12H15N3O2/c1-17-12(16)9(13)6-7-15-8-14-10-4-2-3-5-11(10)15/h2-5,8-9H,6-7,13H2,1H3. The van der Waals surface area contributed by atoms with Crippen molar-refractivity contribution < 1.29 is 9.53 Å². The predicted octanol–water partition coefficient (Wildman–Crippen LogP) is 0.927. The number of ether oxygens (including phenoxy) is 1. The number of carbonyl (C=O) groups is 1. The molecule has 2 aromatic rings. The van der Waals surface area contributed by atoms with Crippen molar-refractivity contribution in [3.8, 4) is 0 Å². The van der Waals surface area contributed by atoms with Crippen LogP contribution in [0.3, 0.4) is 0 Å². The van der Waals surface area contributed by atoms with E-state index < -0.39 is 6.04 Å². The lowest BCUT2D eigenvalue weighted by Gasteiger charge is -2.09. The highest BCUT2D eigenvalue weighted by molar-refractivity contribution is 5.76. The molecule has 2 rings (SSSR count). The first-order valence-corrected chi connectivity index (χ1v) is 5.45. The number of aromatic nitrogens is 2. The fourth-order valence-electron chi connectivity index (χ4n) is 1.74. The molecular weight excluding hydrogens is 218 g/mol. The minimum atomic E-state index is -0.582. The Kier molecular flexibility index (Phi) is 3.39. The van der Waals surface area contributed by atoms with E-state index in [0.29, 0.717) is 13.0 Å². The van der Waals surface area contributed by atoms with E-state index in [-0.39, 0.29) is 5.97 Å². The summed E-state index contributed by atoms with van der Waals surface area (Å²) in [5, 5.41) is 0. The van der Waals surface area contributed by atoms with E-state index in [9.17, 15) is 4.79 Å². The topological polar surface area (TPSA) is 70.1 Å². The number of para-hydroxylation sites is 2. The van der Waals surface area contributed by atoms with Crippen LogP contribution in [0.1, 0.15) is 6.42 Å². The second-order valence-corrected chi connectivity index (χ2v) is 3.85. The summed E-state index contributed by atoms with van der Waals surface area (Å²) in [6, 6.07) is 7.26. The molecule has 0 aliphatic heterocycles. The molecule has 0 fully saturated rings. The monoisotopic (exact) mass is 233 g/mol. The summed E-state index contributed by atoms with van der Waals surface area (Å²) in [6.45, 7) is 0.650. The van der Waals surface area contributed by atoms with Gasteiger partial charge in [-0.1, -0.05) is 12.1 Å². The van der Waals surface area contributed by atoms with Crippen molar-refractivity contribution in [2.45, 2.75) is 19.0 Å². The fourth-order valence-corrected chi connectivity index (χ4v) is 1.74. The fraction of sp³-hybridized carbons (Fsp3) is 0.333. The maximum Gasteiger partial charge on any atom is 0.322 e. The second kappa shape index (κ2) is 4.97. The Morgan fingerprint density at radius 3 is 3.06 bits per heavy atom. The Bertz CT molecular complexity index is 521. The quantitative estimate of drug-likeness (QED) is 0.797. The molecule has 1 aromatic carbocycles. The van der Waals surface area contributed by atoms with Gasteiger partial charge in [-0.05, 0) is 18.6 Å². The number of hydrogen-bond donors (Lipinski definition) is 1. The molecule has 0 saturated heterocycles. The number of fused-ring (bicyclic) bond motifs is 1. The summed E-state index contributed by atoms with van der Waals surface area (Å²) < 4.78 is 6.56. The molecular formula is C12H15N3O2. The minimum absolute atomic E-state index is 0.380. The number of aryl methyl sites for hydroxylation is 1. The van der Waals surface area contributed by atoms with Gasteiger partial charge in [-0.15, -0.1) is 0 Å². The number of benzene rings is 1. The van der Waals surface area contributed by atoms with E-state index in [1.165, 1.54) is 7.11 Å². The first kappa shape index (κ1) is 11.6. The third-order valence-corrected chi connectivity index (χ3v) is 2.71. The zero-order valence-corrected chi connectivity index (χ0v) is 9.67. The van der Waals surface area contributed by atoms with E-state index in [1.807, 2.05) is 28.8 Å². The van der Waals surface area contributed by atoms with Gasteiger partial charge >= 0.3 is 5.97 Å². The first-order chi connectivity index (χ1) is 8.22. The van der Waals surface area contributed by atoms with Gasteiger partial charge in [-0.3, -0.25) is 4.79 Å². The molecule has 1 atom stereocenters. The van der Waals surface area contributed by atoms with E-state index in [2.05, 4.69) is 9.72 Å². The average Bonchev–Trinajstić information content (AvgIpc) is 2.78. The van der Waals surface area contributed by atoms with Gasteiger partial charge in [0.05, 0.1) is 24.5 Å². The van der Waals surface area contributed by atoms with Gasteiger partial charge in [0.1, 0.15) is 6.04 Å². The van der Waals surface area contributed by atoms with Crippen LogP contribution in [0.25, 0.3) is 11.0 Å². The number of hydrogen-bond acceptors (Lipinski definition) is 4. The van der Waals surface area contributed by atoms with Crippen molar-refractivity contribution in [3.05, 3.63) is 30.6 Å². The normalized spacial score (nSPS) is 12.6. The molecule has 0 bridgehead atoms. The SMILES string of the molecule is COC(=O)C(N)CCn1cnc2ccccc21. The van der Waals surface area contributed by atoms with Gasteiger partial charge < -0.3 is 15.0 Å². The number of imidazole rings is 1. The van der Waals surface area contributed by atoms with Crippen molar-refractivity contribution >= 4 is 17.0 Å². The molecule has 90 valence electrons. The van der Waals surface area contributed by atoms with Crippen LogP contribution in [-0.2, 0) is 16.1 Å². The molecule has 0 spiro atoms. The maximum absolute atomic E-state index is 11.2. The van der Waals surface area contributed by atoms with Crippen LogP contribution in [0.2, 0.25) is 0 Å². The predicted molar refractivity (Wildman–Crippen MR) is 64.3 cm³/mol. The largest absolute Gasteiger partial charge is 0.468 e. The third-order valence-electron chi connectivity index (χ3n) is 2.71. The lowest BCUT2D eigenvalue weighted by molar-refractivity contribution is -0.142. The van der Waals surface area contributed by atoms with Crippen LogP contribution >= 0.6 is 0 Å². The minimum Gasteiger partial charge on any atom is -0.468 e. The molecule has 0 radical (unpaired) electrons. The summed E-state index contributed by atoms with van der Waals surface area (Å²) >= 11 is 0. The van der Waals surface area contributed by atoms with Crippen LogP contribution in [0.4, 0.5) is 0 Å². The summed E-state index contributed by atoms with van der Waals surface area (Å²) in [5.74, 6) is -0.380. The lowest BCUT2D eigenvalue weighted by Crippen LogP contribution is -2.32. The van der Waals surface area contributed by atoms with E-state index in [4.69, 9.17) is 5.73 Å². The smallest absolute Gasteiger partial charge is 0.322 e. The third kappa shape index (κ3) is 2.45. The first-order valence-electron chi connectivity index (χ1n) is 5.45. The molecule has 0 amide bonds. The highest BCUT2D eigenvalue weighted by Gasteiger charge is 2.13. The summed E-state index contributed by atoms with van der Waals surface area (Å²) in [5.41, 5.74) is 7.67. The number of methoxy groups -OCH3 is 1. The molecule has 0 saturated carbocycles. The zero-order chi connectivity index (χ0) is 12.3. The molecule has 0 aliphatic rings. The van der Waals surface area contributed by atoms with Gasteiger partial charge in [0.15, 0.2) is 0 Å². The molecule has 2 N–H and O–H groups in total. The molecule has 5 nitrogen and oxygen atoms in total. The molecule has 5 heteroatoms. The summed E-state index contributed by atoms with van der Waals surface area (Å²) in [7, 11) is 1.34. The Labute approximate surface area is 99.2 Å². The molecule has 17 heavy (non-hydrogen) atoms. The highest BCUT2D eigenvalue weighted by Crippen LogP contribution is 2.12. The van der Waals surface area contributed by atoms with Gasteiger partial charge in [0, 0.05) is 6.54 Å². The lowest BCUT2D eigenvalue weighted by atomic mass is 10.2. The Hall–Kier alpha value is -1.88. The van der Waals surface area contributed by atoms with Crippen molar-refractivity contribution in [3.63, 3.8) is 0 Å². The molecule has 1 aromatic heterocycles. The van der Waals surface area contributed by atoms with Crippen LogP contribution in [0.15, 0.2) is 30.6 Å². The number of carbonyl (C=O) groups excluding carboxylic acids is 1. The Balaban J connectivity index is 2.07. The zero-order valence-electron chi connectivity index (χ0n) is 9.67. The number of nitrogens with two attached hydrogens (primary N) is 1. The average molecular weight is 233 g/mol. The van der Waals surface area contributed by atoms with Gasteiger partial charge in [0.2, 0.25) is 0 Å². The van der Waals surface area contributed by atoms with E-state index >= 15 is 0 Å². The summed E-state index contributed by atoms with van der Waals surface area (Å²) in [6.07, 6.45) is 2.29. The maximum atomic E-state index is 11.2. The summed E-state index contributed by atoms with van der Waals surface area (Å²) in [4.78, 5) is 15.4. The molecule has 1 heterocycles. The van der Waals surface area contributed by atoms with Gasteiger partial charge in [-0.2, -0.15) is 0 Å². The van der Waals surface area contributed by atoms with Crippen molar-refractivity contribution in [1.29, 1.82) is 0 Å². The second-order valence-electron chi connectivity index (χ2n) is 3.85. The van der Waals surface area contributed by atoms with Crippen molar-refractivity contribution in [2.75, 3.05) is 7.11 Å². The van der Waals surface area contributed by atoms with Crippen LogP contribution < -0.4 is 5.73 Å². The van der Waals surface area contributed by atoms with E-state index in [0.717, 1.165) is 11.0 Å².